The van der Waals surface area contributed by atoms with E-state index in [-0.39, 0.29) is 17.5 Å². The van der Waals surface area contributed by atoms with E-state index in [9.17, 15) is 14.4 Å². The van der Waals surface area contributed by atoms with Crippen LogP contribution in [0.15, 0.2) is 16.1 Å². The lowest BCUT2D eigenvalue weighted by molar-refractivity contribution is -0.130. The average Bonchev–Trinajstić information content (AvgIpc) is 2.74. The lowest BCUT2D eigenvalue weighted by Crippen LogP contribution is -2.38. The number of thioether (sulfide) groups is 1. The summed E-state index contributed by atoms with van der Waals surface area (Å²) < 4.78 is 0. The van der Waals surface area contributed by atoms with Gasteiger partial charge in [-0.25, -0.2) is 4.98 Å². The highest BCUT2D eigenvalue weighted by Gasteiger charge is 2.24. The summed E-state index contributed by atoms with van der Waals surface area (Å²) in [6.45, 7) is 5.67. The van der Waals surface area contributed by atoms with Crippen LogP contribution in [0.5, 0.6) is 0 Å². The molecule has 0 saturated carbocycles. The molecule has 0 aliphatic carbocycles. The number of carbonyl (C=O) groups excluding carboxylic acids is 2. The molecule has 1 aromatic rings. The molecule has 0 radical (unpaired) electrons. The van der Waals surface area contributed by atoms with E-state index < -0.39 is 11.5 Å². The van der Waals surface area contributed by atoms with Crippen molar-refractivity contribution >= 4 is 23.6 Å². The van der Waals surface area contributed by atoms with Crippen LogP contribution >= 0.6 is 11.8 Å². The average molecular weight is 366 g/mol. The minimum absolute atomic E-state index is 0.00466. The van der Waals surface area contributed by atoms with E-state index in [1.807, 2.05) is 4.90 Å². The first-order valence-electron chi connectivity index (χ1n) is 8.62. The summed E-state index contributed by atoms with van der Waals surface area (Å²) in [4.78, 5) is 45.0. The van der Waals surface area contributed by atoms with Crippen molar-refractivity contribution in [1.82, 2.24) is 20.2 Å². The molecular weight excluding hydrogens is 340 g/mol. The van der Waals surface area contributed by atoms with Crippen molar-refractivity contribution in [2.45, 2.75) is 50.7 Å². The Balaban J connectivity index is 1.95. The van der Waals surface area contributed by atoms with Crippen molar-refractivity contribution in [3.05, 3.63) is 22.1 Å². The topological polar surface area (TPSA) is 95.2 Å². The van der Waals surface area contributed by atoms with Crippen LogP contribution in [-0.4, -0.2) is 52.1 Å². The van der Waals surface area contributed by atoms with E-state index in [0.29, 0.717) is 36.9 Å². The number of nitrogens with zero attached hydrogens (tertiary/aromatic N) is 2. The van der Waals surface area contributed by atoms with Crippen molar-refractivity contribution in [2.24, 2.45) is 5.92 Å². The zero-order chi connectivity index (χ0) is 18.4. The van der Waals surface area contributed by atoms with Crippen LogP contribution in [0, 0.1) is 5.92 Å². The fourth-order valence-corrected chi connectivity index (χ4v) is 3.09. The minimum Gasteiger partial charge on any atom is -0.349 e. The molecular formula is C17H26N4O3S. The third-order valence-corrected chi connectivity index (χ3v) is 4.93. The first-order valence-corrected chi connectivity index (χ1v) is 9.85. The Morgan fingerprint density at radius 2 is 2.20 bits per heavy atom. The number of hydrogen-bond acceptors (Lipinski definition) is 5. The summed E-state index contributed by atoms with van der Waals surface area (Å²) in [5, 5.41) is 3.35. The van der Waals surface area contributed by atoms with Gasteiger partial charge in [-0.1, -0.05) is 25.6 Å². The first-order chi connectivity index (χ1) is 11.9. The van der Waals surface area contributed by atoms with Crippen LogP contribution in [0.3, 0.4) is 0 Å². The molecule has 2 rings (SSSR count). The number of H-pyrrole nitrogens is 1. The molecule has 2 N–H and O–H groups in total. The van der Waals surface area contributed by atoms with Crippen LogP contribution in [0.4, 0.5) is 0 Å². The normalized spacial score (nSPS) is 18.3. The smallest absolute Gasteiger partial charge is 0.264 e. The molecule has 2 amide bonds. The van der Waals surface area contributed by atoms with Gasteiger partial charge in [0, 0.05) is 31.7 Å². The summed E-state index contributed by atoms with van der Waals surface area (Å²) in [5.41, 5.74) is -0.440. The van der Waals surface area contributed by atoms with Crippen LogP contribution in [0.25, 0.3) is 0 Å². The maximum absolute atomic E-state index is 12.3. The van der Waals surface area contributed by atoms with Gasteiger partial charge in [-0.3, -0.25) is 14.4 Å². The highest BCUT2D eigenvalue weighted by Crippen LogP contribution is 2.14. The second kappa shape index (κ2) is 9.03. The monoisotopic (exact) mass is 366 g/mol. The van der Waals surface area contributed by atoms with E-state index in [4.69, 9.17) is 0 Å². The predicted octanol–water partition coefficient (Wildman–Crippen LogP) is 1.65. The largest absolute Gasteiger partial charge is 0.349 e. The summed E-state index contributed by atoms with van der Waals surface area (Å²) in [6, 6.07) is -0.111. The van der Waals surface area contributed by atoms with E-state index in [0.717, 1.165) is 13.0 Å². The zero-order valence-electron chi connectivity index (χ0n) is 15.0. The van der Waals surface area contributed by atoms with Gasteiger partial charge in [0.25, 0.3) is 11.5 Å². The zero-order valence-corrected chi connectivity index (χ0v) is 15.8. The quantitative estimate of drug-likeness (QED) is 0.590. The van der Waals surface area contributed by atoms with E-state index >= 15 is 0 Å². The molecule has 0 aromatic carbocycles. The number of hydrogen-bond donors (Lipinski definition) is 2. The van der Waals surface area contributed by atoms with Crippen LogP contribution in [0.2, 0.25) is 0 Å². The molecule has 1 unspecified atom stereocenters. The summed E-state index contributed by atoms with van der Waals surface area (Å²) in [6.07, 6.45) is 5.79. The van der Waals surface area contributed by atoms with Gasteiger partial charge in [-0.15, -0.1) is 0 Å². The van der Waals surface area contributed by atoms with E-state index in [1.54, 1.807) is 6.26 Å². The van der Waals surface area contributed by atoms with Crippen molar-refractivity contribution in [1.29, 1.82) is 0 Å². The van der Waals surface area contributed by atoms with Gasteiger partial charge in [0.05, 0.1) is 0 Å². The second-order valence-electron chi connectivity index (χ2n) is 6.70. The summed E-state index contributed by atoms with van der Waals surface area (Å²) in [7, 11) is 0. The molecule has 25 heavy (non-hydrogen) atoms. The molecule has 0 spiro atoms. The molecule has 1 fully saturated rings. The summed E-state index contributed by atoms with van der Waals surface area (Å²) >= 11 is 1.31. The molecule has 7 nitrogen and oxygen atoms in total. The van der Waals surface area contributed by atoms with Gasteiger partial charge in [-0.2, -0.15) is 0 Å². The van der Waals surface area contributed by atoms with Gasteiger partial charge < -0.3 is 15.2 Å². The van der Waals surface area contributed by atoms with Crippen LogP contribution in [0.1, 0.15) is 49.9 Å². The molecule has 1 aromatic heterocycles. The van der Waals surface area contributed by atoms with Crippen LogP contribution in [-0.2, 0) is 4.79 Å². The molecule has 138 valence electrons. The third-order valence-electron chi connectivity index (χ3n) is 4.33. The predicted molar refractivity (Wildman–Crippen MR) is 97.8 cm³/mol. The van der Waals surface area contributed by atoms with Crippen molar-refractivity contribution in [3.8, 4) is 0 Å². The number of amides is 2. The number of carbonyl (C=O) groups is 2. The van der Waals surface area contributed by atoms with E-state index in [2.05, 4.69) is 29.1 Å². The number of aromatic nitrogens is 2. The van der Waals surface area contributed by atoms with Gasteiger partial charge in [0.15, 0.2) is 5.16 Å². The highest BCUT2D eigenvalue weighted by atomic mass is 32.2. The molecule has 1 aliphatic rings. The number of nitrogens with one attached hydrogen (secondary N) is 2. The number of aromatic amines is 1. The second-order valence-corrected chi connectivity index (χ2v) is 7.49. The van der Waals surface area contributed by atoms with Crippen molar-refractivity contribution in [3.63, 3.8) is 0 Å². The molecule has 0 bridgehead atoms. The SMILES string of the molecule is CSc1ncc(C(=O)NC2CCC(=O)N(CCC(C)C)CC2)c(=O)[nH]1. The Hall–Kier alpha value is -1.83. The molecule has 8 heteroatoms. The Bertz CT molecular complexity index is 674. The Morgan fingerprint density at radius 1 is 1.44 bits per heavy atom. The maximum atomic E-state index is 12.3. The minimum atomic E-state index is -0.444. The van der Waals surface area contributed by atoms with Crippen molar-refractivity contribution in [2.75, 3.05) is 19.3 Å². The highest BCUT2D eigenvalue weighted by molar-refractivity contribution is 7.98. The Kier molecular flexibility index (Phi) is 7.04. The number of rotatable bonds is 6. The lowest BCUT2D eigenvalue weighted by Gasteiger charge is -2.22. The molecule has 1 atom stereocenters. The van der Waals surface area contributed by atoms with Gasteiger partial charge in [-0.05, 0) is 31.4 Å². The third kappa shape index (κ3) is 5.59. The van der Waals surface area contributed by atoms with Gasteiger partial charge >= 0.3 is 0 Å². The first kappa shape index (κ1) is 19.5. The fraction of sp³-hybridized carbons (Fsp3) is 0.647. The molecule has 1 saturated heterocycles. The van der Waals surface area contributed by atoms with E-state index in [1.165, 1.54) is 18.0 Å². The van der Waals surface area contributed by atoms with Gasteiger partial charge in [0.2, 0.25) is 5.91 Å². The molecule has 2 heterocycles. The fourth-order valence-electron chi connectivity index (χ4n) is 2.74. The molecule has 1 aliphatic heterocycles. The lowest BCUT2D eigenvalue weighted by atomic mass is 10.1. The summed E-state index contributed by atoms with van der Waals surface area (Å²) in [5.74, 6) is 0.255. The standard InChI is InChI=1S/C17H26N4O3S/c1-11(2)6-8-21-9-7-12(4-5-14(21)22)19-15(23)13-10-18-17(25-3)20-16(13)24/h10-12H,4-9H2,1-3H3,(H,19,23)(H,18,20,24). The van der Waals surface area contributed by atoms with Crippen LogP contribution < -0.4 is 10.9 Å². The Labute approximate surface area is 152 Å². The van der Waals surface area contributed by atoms with Gasteiger partial charge in [0.1, 0.15) is 5.56 Å². The van der Waals surface area contributed by atoms with Crippen molar-refractivity contribution < 1.29 is 9.59 Å². The maximum Gasteiger partial charge on any atom is 0.264 e. The number of likely N-dealkylation sites (tertiary alicyclic amines) is 1. The Morgan fingerprint density at radius 3 is 2.84 bits per heavy atom.